The lowest BCUT2D eigenvalue weighted by Gasteiger charge is -2.17. The fourth-order valence-electron chi connectivity index (χ4n) is 1.76. The van der Waals surface area contributed by atoms with Crippen LogP contribution in [0.3, 0.4) is 0 Å². The SMILES string of the molecule is COC(c1ccccc1)c1ccccc1Cl. The van der Waals surface area contributed by atoms with Crippen molar-refractivity contribution in [3.8, 4) is 0 Å². The maximum Gasteiger partial charge on any atom is 0.109 e. The molecule has 2 aromatic rings. The molecule has 0 aliphatic rings. The van der Waals surface area contributed by atoms with Crippen LogP contribution in [0.2, 0.25) is 5.02 Å². The first-order chi connectivity index (χ1) is 7.83. The topological polar surface area (TPSA) is 9.23 Å². The van der Waals surface area contributed by atoms with Crippen LogP contribution in [0.1, 0.15) is 17.2 Å². The summed E-state index contributed by atoms with van der Waals surface area (Å²) in [5.74, 6) is 0. The van der Waals surface area contributed by atoms with E-state index in [0.29, 0.717) is 0 Å². The first-order valence-corrected chi connectivity index (χ1v) is 5.53. The predicted molar refractivity (Wildman–Crippen MR) is 66.7 cm³/mol. The van der Waals surface area contributed by atoms with Crippen molar-refractivity contribution in [2.75, 3.05) is 7.11 Å². The highest BCUT2D eigenvalue weighted by Crippen LogP contribution is 2.30. The fraction of sp³-hybridized carbons (Fsp3) is 0.143. The van der Waals surface area contributed by atoms with E-state index in [0.717, 1.165) is 16.1 Å². The van der Waals surface area contributed by atoms with E-state index in [-0.39, 0.29) is 6.10 Å². The van der Waals surface area contributed by atoms with Crippen molar-refractivity contribution in [2.45, 2.75) is 6.10 Å². The molecule has 2 heteroatoms. The molecule has 82 valence electrons. The average molecular weight is 233 g/mol. The van der Waals surface area contributed by atoms with Gasteiger partial charge in [-0.1, -0.05) is 60.1 Å². The molecule has 0 spiro atoms. The van der Waals surface area contributed by atoms with Gasteiger partial charge in [0.05, 0.1) is 0 Å². The van der Waals surface area contributed by atoms with Gasteiger partial charge in [-0.2, -0.15) is 0 Å². The Morgan fingerprint density at radius 2 is 1.56 bits per heavy atom. The fourth-order valence-corrected chi connectivity index (χ4v) is 1.99. The molecule has 0 radical (unpaired) electrons. The summed E-state index contributed by atoms with van der Waals surface area (Å²) >= 11 is 6.17. The standard InChI is InChI=1S/C14H13ClO/c1-16-14(11-7-3-2-4-8-11)12-9-5-6-10-13(12)15/h2-10,14H,1H3. The summed E-state index contributed by atoms with van der Waals surface area (Å²) in [5.41, 5.74) is 2.11. The Labute approximate surface area is 101 Å². The van der Waals surface area contributed by atoms with Crippen molar-refractivity contribution < 1.29 is 4.74 Å². The summed E-state index contributed by atoms with van der Waals surface area (Å²) in [6.07, 6.45) is -0.102. The van der Waals surface area contributed by atoms with Crippen molar-refractivity contribution in [1.29, 1.82) is 0 Å². The Bertz CT molecular complexity index is 453. The molecule has 2 aromatic carbocycles. The smallest absolute Gasteiger partial charge is 0.109 e. The monoisotopic (exact) mass is 232 g/mol. The molecule has 0 aromatic heterocycles. The Kier molecular flexibility index (Phi) is 3.60. The lowest BCUT2D eigenvalue weighted by Crippen LogP contribution is -2.03. The third kappa shape index (κ3) is 2.26. The maximum absolute atomic E-state index is 6.17. The molecular weight excluding hydrogens is 220 g/mol. The van der Waals surface area contributed by atoms with Crippen LogP contribution in [-0.4, -0.2) is 7.11 Å². The number of halogens is 1. The van der Waals surface area contributed by atoms with E-state index < -0.39 is 0 Å². The van der Waals surface area contributed by atoms with Crippen LogP contribution in [0.4, 0.5) is 0 Å². The molecular formula is C14H13ClO. The molecule has 0 fully saturated rings. The van der Waals surface area contributed by atoms with Gasteiger partial charge in [0, 0.05) is 17.7 Å². The summed E-state index contributed by atoms with van der Waals surface area (Å²) < 4.78 is 5.52. The predicted octanol–water partition coefficient (Wildman–Crippen LogP) is 4.08. The zero-order chi connectivity index (χ0) is 11.4. The van der Waals surface area contributed by atoms with Crippen LogP contribution in [0.15, 0.2) is 54.6 Å². The van der Waals surface area contributed by atoms with Crippen molar-refractivity contribution in [1.82, 2.24) is 0 Å². The number of hydrogen-bond acceptors (Lipinski definition) is 1. The molecule has 0 aliphatic heterocycles. The molecule has 1 unspecified atom stereocenters. The van der Waals surface area contributed by atoms with Gasteiger partial charge in [0.2, 0.25) is 0 Å². The van der Waals surface area contributed by atoms with Crippen molar-refractivity contribution in [3.63, 3.8) is 0 Å². The summed E-state index contributed by atoms with van der Waals surface area (Å²) in [5, 5.41) is 0.734. The second-order valence-electron chi connectivity index (χ2n) is 3.55. The molecule has 0 aliphatic carbocycles. The molecule has 1 nitrogen and oxygen atoms in total. The van der Waals surface area contributed by atoms with Crippen LogP contribution in [0.25, 0.3) is 0 Å². The highest BCUT2D eigenvalue weighted by Gasteiger charge is 2.15. The minimum atomic E-state index is -0.102. The van der Waals surface area contributed by atoms with Gasteiger partial charge in [-0.15, -0.1) is 0 Å². The van der Waals surface area contributed by atoms with E-state index >= 15 is 0 Å². The van der Waals surface area contributed by atoms with Gasteiger partial charge in [-0.3, -0.25) is 0 Å². The van der Waals surface area contributed by atoms with Gasteiger partial charge < -0.3 is 4.74 Å². The van der Waals surface area contributed by atoms with E-state index in [1.807, 2.05) is 54.6 Å². The zero-order valence-corrected chi connectivity index (χ0v) is 9.82. The normalized spacial score (nSPS) is 12.4. The summed E-state index contributed by atoms with van der Waals surface area (Å²) in [7, 11) is 1.70. The summed E-state index contributed by atoms with van der Waals surface area (Å²) in [4.78, 5) is 0. The van der Waals surface area contributed by atoms with E-state index in [9.17, 15) is 0 Å². The van der Waals surface area contributed by atoms with Gasteiger partial charge in [-0.05, 0) is 11.6 Å². The number of benzene rings is 2. The molecule has 0 N–H and O–H groups in total. The molecule has 2 rings (SSSR count). The molecule has 0 bridgehead atoms. The van der Waals surface area contributed by atoms with E-state index in [1.54, 1.807) is 7.11 Å². The van der Waals surface area contributed by atoms with Gasteiger partial charge in [-0.25, -0.2) is 0 Å². The molecule has 0 saturated heterocycles. The third-order valence-electron chi connectivity index (χ3n) is 2.53. The van der Waals surface area contributed by atoms with Crippen LogP contribution >= 0.6 is 11.6 Å². The molecule has 0 amide bonds. The third-order valence-corrected chi connectivity index (χ3v) is 2.87. The molecule has 1 atom stereocenters. The van der Waals surface area contributed by atoms with Crippen LogP contribution < -0.4 is 0 Å². The summed E-state index contributed by atoms with van der Waals surface area (Å²) in [6, 6.07) is 17.8. The highest BCUT2D eigenvalue weighted by molar-refractivity contribution is 6.31. The number of ether oxygens (including phenoxy) is 1. The summed E-state index contributed by atoms with van der Waals surface area (Å²) in [6.45, 7) is 0. The lowest BCUT2D eigenvalue weighted by molar-refractivity contribution is 0.136. The van der Waals surface area contributed by atoms with Crippen LogP contribution in [0, 0.1) is 0 Å². The second-order valence-corrected chi connectivity index (χ2v) is 3.96. The van der Waals surface area contributed by atoms with E-state index in [4.69, 9.17) is 16.3 Å². The molecule has 0 heterocycles. The highest BCUT2D eigenvalue weighted by atomic mass is 35.5. The zero-order valence-electron chi connectivity index (χ0n) is 9.06. The number of methoxy groups -OCH3 is 1. The Balaban J connectivity index is 2.41. The second kappa shape index (κ2) is 5.15. The first-order valence-electron chi connectivity index (χ1n) is 5.15. The van der Waals surface area contributed by atoms with Crippen molar-refractivity contribution >= 4 is 11.6 Å². The van der Waals surface area contributed by atoms with Gasteiger partial charge >= 0.3 is 0 Å². The minimum absolute atomic E-state index is 0.102. The van der Waals surface area contributed by atoms with Gasteiger partial charge in [0.25, 0.3) is 0 Å². The number of hydrogen-bond donors (Lipinski definition) is 0. The largest absolute Gasteiger partial charge is 0.372 e. The van der Waals surface area contributed by atoms with Gasteiger partial charge in [0.15, 0.2) is 0 Å². The quantitative estimate of drug-likeness (QED) is 0.775. The Morgan fingerprint density at radius 3 is 2.19 bits per heavy atom. The minimum Gasteiger partial charge on any atom is -0.372 e. The molecule has 0 saturated carbocycles. The average Bonchev–Trinajstić information content (AvgIpc) is 2.34. The van der Waals surface area contributed by atoms with Crippen molar-refractivity contribution in [3.05, 3.63) is 70.7 Å². The van der Waals surface area contributed by atoms with Gasteiger partial charge in [0.1, 0.15) is 6.10 Å². The maximum atomic E-state index is 6.17. The lowest BCUT2D eigenvalue weighted by atomic mass is 10.0. The van der Waals surface area contributed by atoms with Crippen LogP contribution in [0.5, 0.6) is 0 Å². The number of rotatable bonds is 3. The van der Waals surface area contributed by atoms with Crippen molar-refractivity contribution in [2.24, 2.45) is 0 Å². The van der Waals surface area contributed by atoms with E-state index in [1.165, 1.54) is 0 Å². The Morgan fingerprint density at radius 1 is 0.938 bits per heavy atom. The first kappa shape index (κ1) is 11.2. The Hall–Kier alpha value is -1.31. The van der Waals surface area contributed by atoms with E-state index in [2.05, 4.69) is 0 Å². The molecule has 16 heavy (non-hydrogen) atoms. The van der Waals surface area contributed by atoms with Crippen LogP contribution in [-0.2, 0) is 4.74 Å².